The first-order chi connectivity index (χ1) is 7.19. The molecule has 1 unspecified atom stereocenters. The van der Waals surface area contributed by atoms with E-state index in [2.05, 4.69) is 18.8 Å². The summed E-state index contributed by atoms with van der Waals surface area (Å²) in [6.07, 6.45) is 3.76. The van der Waals surface area contributed by atoms with Crippen molar-refractivity contribution in [3.05, 3.63) is 17.3 Å². The lowest BCUT2D eigenvalue weighted by atomic mass is 9.91. The molecule has 1 heterocycles. The Labute approximate surface area is 90.5 Å². The molecule has 0 radical (unpaired) electrons. The van der Waals surface area contributed by atoms with Gasteiger partial charge in [-0.25, -0.2) is 4.98 Å². The molecule has 0 amide bonds. The van der Waals surface area contributed by atoms with E-state index in [1.807, 2.05) is 0 Å². The number of oxazole rings is 1. The van der Waals surface area contributed by atoms with Gasteiger partial charge in [0.25, 0.3) is 0 Å². The van der Waals surface area contributed by atoms with Crippen LogP contribution in [-0.4, -0.2) is 16.7 Å². The summed E-state index contributed by atoms with van der Waals surface area (Å²) in [5.41, 5.74) is 1.08. The van der Waals surface area contributed by atoms with Gasteiger partial charge in [-0.15, -0.1) is 0 Å². The van der Waals surface area contributed by atoms with Gasteiger partial charge in [0.1, 0.15) is 5.76 Å². The van der Waals surface area contributed by atoms with Crippen molar-refractivity contribution in [1.29, 1.82) is 0 Å². The number of nitrogens with zero attached hydrogens (tertiary/aromatic N) is 1. The monoisotopic (exact) mass is 209 g/mol. The first-order valence-corrected chi connectivity index (χ1v) is 5.77. The van der Waals surface area contributed by atoms with Crippen molar-refractivity contribution >= 4 is 0 Å². The number of aryl methyl sites for hydroxylation is 1. The minimum atomic E-state index is 0.270. The Bertz CT molecular complexity index is 330. The zero-order valence-electron chi connectivity index (χ0n) is 9.49. The predicted molar refractivity (Wildman–Crippen MR) is 57.6 cm³/mol. The van der Waals surface area contributed by atoms with Gasteiger partial charge in [-0.1, -0.05) is 13.8 Å². The molecule has 84 valence electrons. The van der Waals surface area contributed by atoms with Crippen molar-refractivity contribution in [1.82, 2.24) is 4.98 Å². The van der Waals surface area contributed by atoms with Crippen LogP contribution in [0.4, 0.5) is 0 Å². The molecule has 1 atom stereocenters. The zero-order valence-corrected chi connectivity index (χ0v) is 9.49. The molecular formula is C12H19NO2. The van der Waals surface area contributed by atoms with Crippen LogP contribution in [0, 0.1) is 11.8 Å². The summed E-state index contributed by atoms with van der Waals surface area (Å²) in [5, 5.41) is 9.11. The van der Waals surface area contributed by atoms with Crippen molar-refractivity contribution in [2.75, 3.05) is 6.61 Å². The Hall–Kier alpha value is -0.830. The topological polar surface area (TPSA) is 46.3 Å². The molecule has 1 aliphatic rings. The van der Waals surface area contributed by atoms with E-state index in [0.717, 1.165) is 43.0 Å². The van der Waals surface area contributed by atoms with E-state index < -0.39 is 0 Å². The van der Waals surface area contributed by atoms with E-state index in [9.17, 15) is 0 Å². The standard InChI is InChI=1S/C12H19NO2/c1-8(2)5-12-13-10-6-9(7-14)3-4-11(10)15-12/h8-9,14H,3-7H2,1-2H3. The van der Waals surface area contributed by atoms with E-state index >= 15 is 0 Å². The smallest absolute Gasteiger partial charge is 0.194 e. The Morgan fingerprint density at radius 2 is 2.33 bits per heavy atom. The van der Waals surface area contributed by atoms with Gasteiger partial charge in [-0.2, -0.15) is 0 Å². The summed E-state index contributed by atoms with van der Waals surface area (Å²) in [4.78, 5) is 4.51. The van der Waals surface area contributed by atoms with Crippen molar-refractivity contribution < 1.29 is 9.52 Å². The summed E-state index contributed by atoms with van der Waals surface area (Å²) in [7, 11) is 0. The molecule has 15 heavy (non-hydrogen) atoms. The van der Waals surface area contributed by atoms with Crippen LogP contribution in [0.15, 0.2) is 4.42 Å². The molecule has 3 nitrogen and oxygen atoms in total. The third kappa shape index (κ3) is 2.40. The van der Waals surface area contributed by atoms with Crippen LogP contribution in [0.1, 0.15) is 37.6 Å². The second kappa shape index (κ2) is 4.35. The van der Waals surface area contributed by atoms with Crippen LogP contribution in [0.25, 0.3) is 0 Å². The first kappa shape index (κ1) is 10.7. The van der Waals surface area contributed by atoms with Gasteiger partial charge in [-0.05, 0) is 24.7 Å². The van der Waals surface area contributed by atoms with Gasteiger partial charge in [-0.3, -0.25) is 0 Å². The average molecular weight is 209 g/mol. The van der Waals surface area contributed by atoms with Crippen LogP contribution >= 0.6 is 0 Å². The quantitative estimate of drug-likeness (QED) is 0.827. The summed E-state index contributed by atoms with van der Waals surface area (Å²) >= 11 is 0. The number of hydrogen-bond donors (Lipinski definition) is 1. The Kier molecular flexibility index (Phi) is 3.10. The van der Waals surface area contributed by atoms with Gasteiger partial charge in [0, 0.05) is 19.4 Å². The van der Waals surface area contributed by atoms with E-state index in [-0.39, 0.29) is 6.61 Å². The maximum atomic E-state index is 9.11. The van der Waals surface area contributed by atoms with Crippen molar-refractivity contribution in [2.45, 2.75) is 39.5 Å². The van der Waals surface area contributed by atoms with Crippen LogP contribution < -0.4 is 0 Å². The fourth-order valence-electron chi connectivity index (χ4n) is 2.09. The zero-order chi connectivity index (χ0) is 10.8. The van der Waals surface area contributed by atoms with Crippen LogP contribution in [-0.2, 0) is 19.3 Å². The molecule has 0 aromatic carbocycles. The molecule has 0 bridgehead atoms. The highest BCUT2D eigenvalue weighted by Gasteiger charge is 2.23. The number of aromatic nitrogens is 1. The molecule has 1 aliphatic carbocycles. The minimum Gasteiger partial charge on any atom is -0.445 e. The van der Waals surface area contributed by atoms with E-state index in [0.29, 0.717) is 11.8 Å². The molecule has 1 aromatic rings. The van der Waals surface area contributed by atoms with Gasteiger partial charge in [0.2, 0.25) is 0 Å². The molecule has 1 aromatic heterocycles. The fourth-order valence-corrected chi connectivity index (χ4v) is 2.09. The average Bonchev–Trinajstić information content (AvgIpc) is 2.57. The summed E-state index contributed by atoms with van der Waals surface area (Å²) < 4.78 is 5.72. The number of fused-ring (bicyclic) bond motifs is 1. The second-order valence-electron chi connectivity index (χ2n) is 4.87. The second-order valence-corrected chi connectivity index (χ2v) is 4.87. The highest BCUT2D eigenvalue weighted by Crippen LogP contribution is 2.26. The Morgan fingerprint density at radius 1 is 1.53 bits per heavy atom. The van der Waals surface area contributed by atoms with Crippen LogP contribution in [0.5, 0.6) is 0 Å². The minimum absolute atomic E-state index is 0.270. The van der Waals surface area contributed by atoms with Crippen LogP contribution in [0.3, 0.4) is 0 Å². The van der Waals surface area contributed by atoms with Gasteiger partial charge >= 0.3 is 0 Å². The number of rotatable bonds is 3. The van der Waals surface area contributed by atoms with Gasteiger partial charge < -0.3 is 9.52 Å². The van der Waals surface area contributed by atoms with E-state index in [4.69, 9.17) is 9.52 Å². The lowest BCUT2D eigenvalue weighted by Crippen LogP contribution is -2.16. The van der Waals surface area contributed by atoms with Crippen molar-refractivity contribution in [3.8, 4) is 0 Å². The summed E-state index contributed by atoms with van der Waals surface area (Å²) in [6.45, 7) is 4.60. The normalized spacial score (nSPS) is 20.7. The van der Waals surface area contributed by atoms with Crippen LogP contribution in [0.2, 0.25) is 0 Å². The van der Waals surface area contributed by atoms with Crippen molar-refractivity contribution in [2.24, 2.45) is 11.8 Å². The molecule has 0 fully saturated rings. The Balaban J connectivity index is 2.11. The molecule has 1 N–H and O–H groups in total. The SMILES string of the molecule is CC(C)Cc1nc2c(o1)CCC(CO)C2. The maximum absolute atomic E-state index is 9.11. The molecule has 2 rings (SSSR count). The lowest BCUT2D eigenvalue weighted by Gasteiger charge is -2.16. The molecule has 0 spiro atoms. The fraction of sp³-hybridized carbons (Fsp3) is 0.750. The largest absolute Gasteiger partial charge is 0.445 e. The first-order valence-electron chi connectivity index (χ1n) is 5.77. The number of hydrogen-bond acceptors (Lipinski definition) is 3. The maximum Gasteiger partial charge on any atom is 0.194 e. The predicted octanol–water partition coefficient (Wildman–Crippen LogP) is 1.97. The number of aliphatic hydroxyl groups is 1. The highest BCUT2D eigenvalue weighted by molar-refractivity contribution is 5.14. The molecular weight excluding hydrogens is 190 g/mol. The third-order valence-electron chi connectivity index (χ3n) is 2.93. The lowest BCUT2D eigenvalue weighted by molar-refractivity contribution is 0.208. The summed E-state index contributed by atoms with van der Waals surface area (Å²) in [6, 6.07) is 0. The Morgan fingerprint density at radius 3 is 3.00 bits per heavy atom. The molecule has 3 heteroatoms. The molecule has 0 saturated heterocycles. The summed E-state index contributed by atoms with van der Waals surface area (Å²) in [5.74, 6) is 2.89. The van der Waals surface area contributed by atoms with Gasteiger partial charge in [0.15, 0.2) is 5.89 Å². The molecule has 0 saturated carbocycles. The van der Waals surface area contributed by atoms with Crippen molar-refractivity contribution in [3.63, 3.8) is 0 Å². The van der Waals surface area contributed by atoms with E-state index in [1.165, 1.54) is 0 Å². The number of aliphatic hydroxyl groups excluding tert-OH is 1. The third-order valence-corrected chi connectivity index (χ3v) is 2.93. The highest BCUT2D eigenvalue weighted by atomic mass is 16.4. The molecule has 0 aliphatic heterocycles. The van der Waals surface area contributed by atoms with E-state index in [1.54, 1.807) is 0 Å². The van der Waals surface area contributed by atoms with Gasteiger partial charge in [0.05, 0.1) is 5.69 Å².